The number of aryl methyl sites for hydroxylation is 1. The quantitative estimate of drug-likeness (QED) is 0.790. The summed E-state index contributed by atoms with van der Waals surface area (Å²) in [5.41, 5.74) is 0. The molecule has 1 atom stereocenters. The van der Waals surface area contributed by atoms with E-state index in [0.717, 1.165) is 12.2 Å². The van der Waals surface area contributed by atoms with Crippen LogP contribution >= 0.6 is 11.3 Å². The number of benzene rings is 1. The highest BCUT2D eigenvalue weighted by Crippen LogP contribution is 2.30. The average Bonchev–Trinajstić information content (AvgIpc) is 3.02. The van der Waals surface area contributed by atoms with E-state index in [4.69, 9.17) is 0 Å². The maximum Gasteiger partial charge on any atom is 0.110 e. The van der Waals surface area contributed by atoms with Crippen LogP contribution in [0.2, 0.25) is 0 Å². The van der Waals surface area contributed by atoms with Crippen molar-refractivity contribution in [2.24, 2.45) is 7.05 Å². The van der Waals surface area contributed by atoms with E-state index < -0.39 is 0 Å². The van der Waals surface area contributed by atoms with Gasteiger partial charge in [0.25, 0.3) is 0 Å². The van der Waals surface area contributed by atoms with Gasteiger partial charge in [-0.2, -0.15) is 0 Å². The maximum atomic E-state index is 4.41. The molecule has 0 amide bonds. The zero-order valence-corrected chi connectivity index (χ0v) is 11.9. The molecule has 3 aromatic rings. The third-order valence-electron chi connectivity index (χ3n) is 3.44. The Morgan fingerprint density at radius 1 is 1.37 bits per heavy atom. The molecule has 4 heteroatoms. The number of rotatable bonds is 4. The van der Waals surface area contributed by atoms with Crippen LogP contribution in [0.5, 0.6) is 0 Å². The minimum absolute atomic E-state index is 0.318. The number of fused-ring (bicyclic) bond motifs is 1. The van der Waals surface area contributed by atoms with Crippen molar-refractivity contribution < 1.29 is 0 Å². The van der Waals surface area contributed by atoms with E-state index >= 15 is 0 Å². The first-order valence-corrected chi connectivity index (χ1v) is 7.21. The van der Waals surface area contributed by atoms with Gasteiger partial charge in [0.05, 0.1) is 0 Å². The molecule has 3 rings (SSSR count). The number of aromatic nitrogens is 2. The summed E-state index contributed by atoms with van der Waals surface area (Å²) in [4.78, 5) is 5.78. The lowest BCUT2D eigenvalue weighted by atomic mass is 10.1. The monoisotopic (exact) mass is 271 g/mol. The lowest BCUT2D eigenvalue weighted by Gasteiger charge is -2.14. The van der Waals surface area contributed by atoms with Crippen molar-refractivity contribution in [2.45, 2.75) is 12.5 Å². The first-order chi connectivity index (χ1) is 9.28. The van der Waals surface area contributed by atoms with Gasteiger partial charge in [0, 0.05) is 41.5 Å². The van der Waals surface area contributed by atoms with E-state index in [1.54, 1.807) is 0 Å². The number of thiophene rings is 1. The Bertz CT molecular complexity index is 650. The van der Waals surface area contributed by atoms with Crippen LogP contribution in [0.15, 0.2) is 42.7 Å². The molecule has 19 heavy (non-hydrogen) atoms. The third kappa shape index (κ3) is 2.41. The molecule has 1 aromatic carbocycles. The summed E-state index contributed by atoms with van der Waals surface area (Å²) in [6.07, 6.45) is 4.76. The smallest absolute Gasteiger partial charge is 0.110 e. The summed E-state index contributed by atoms with van der Waals surface area (Å²) in [5.74, 6) is 1.11. The van der Waals surface area contributed by atoms with Gasteiger partial charge in [0.2, 0.25) is 0 Å². The first kappa shape index (κ1) is 12.4. The van der Waals surface area contributed by atoms with E-state index in [0.29, 0.717) is 6.04 Å². The number of nitrogens with one attached hydrogen (secondary N) is 1. The van der Waals surface area contributed by atoms with Crippen molar-refractivity contribution in [3.05, 3.63) is 53.4 Å². The minimum Gasteiger partial charge on any atom is -0.338 e. The molecule has 1 N–H and O–H groups in total. The molecule has 0 aliphatic heterocycles. The molecule has 3 nitrogen and oxygen atoms in total. The summed E-state index contributed by atoms with van der Waals surface area (Å²) >= 11 is 1.86. The standard InChI is InChI=1S/C15H17N3S/c1-16-12(10-15-17-7-8-18(15)2)14-9-11-5-3-4-6-13(11)19-14/h3-9,12,16H,10H2,1-2H3. The Morgan fingerprint density at radius 3 is 2.89 bits per heavy atom. The van der Waals surface area contributed by atoms with Gasteiger partial charge < -0.3 is 9.88 Å². The van der Waals surface area contributed by atoms with Gasteiger partial charge in [0.15, 0.2) is 0 Å². The van der Waals surface area contributed by atoms with Gasteiger partial charge in [0.1, 0.15) is 5.82 Å². The van der Waals surface area contributed by atoms with Crippen LogP contribution in [0.4, 0.5) is 0 Å². The molecule has 0 spiro atoms. The van der Waals surface area contributed by atoms with Crippen molar-refractivity contribution in [2.75, 3.05) is 7.05 Å². The number of hydrogen-bond donors (Lipinski definition) is 1. The third-order valence-corrected chi connectivity index (χ3v) is 4.67. The highest BCUT2D eigenvalue weighted by atomic mass is 32.1. The van der Waals surface area contributed by atoms with Crippen LogP contribution in [0.3, 0.4) is 0 Å². The maximum absolute atomic E-state index is 4.41. The Hall–Kier alpha value is -1.65. The highest BCUT2D eigenvalue weighted by Gasteiger charge is 2.15. The molecule has 2 heterocycles. The molecule has 0 bridgehead atoms. The van der Waals surface area contributed by atoms with Gasteiger partial charge in [-0.15, -0.1) is 11.3 Å². The lowest BCUT2D eigenvalue weighted by molar-refractivity contribution is 0.572. The topological polar surface area (TPSA) is 29.9 Å². The molecule has 98 valence electrons. The van der Waals surface area contributed by atoms with Crippen LogP contribution in [-0.2, 0) is 13.5 Å². The van der Waals surface area contributed by atoms with E-state index in [1.807, 2.05) is 37.8 Å². The zero-order chi connectivity index (χ0) is 13.2. The van der Waals surface area contributed by atoms with Gasteiger partial charge in [-0.3, -0.25) is 0 Å². The van der Waals surface area contributed by atoms with Crippen LogP contribution < -0.4 is 5.32 Å². The molecule has 0 fully saturated rings. The normalized spacial score (nSPS) is 12.9. The fraction of sp³-hybridized carbons (Fsp3) is 0.267. The van der Waals surface area contributed by atoms with Crippen molar-refractivity contribution in [1.82, 2.24) is 14.9 Å². The molecular formula is C15H17N3S. The zero-order valence-electron chi connectivity index (χ0n) is 11.1. The van der Waals surface area contributed by atoms with Crippen molar-refractivity contribution in [3.8, 4) is 0 Å². The fourth-order valence-electron chi connectivity index (χ4n) is 2.29. The second-order valence-electron chi connectivity index (χ2n) is 4.69. The fourth-order valence-corrected chi connectivity index (χ4v) is 3.47. The van der Waals surface area contributed by atoms with Gasteiger partial charge >= 0.3 is 0 Å². The Kier molecular flexibility index (Phi) is 3.36. The molecule has 2 aromatic heterocycles. The van der Waals surface area contributed by atoms with E-state index in [2.05, 4.69) is 45.2 Å². The SMILES string of the molecule is CNC(Cc1nccn1C)c1cc2ccccc2s1. The summed E-state index contributed by atoms with van der Waals surface area (Å²) < 4.78 is 3.43. The van der Waals surface area contributed by atoms with Crippen molar-refractivity contribution in [1.29, 1.82) is 0 Å². The summed E-state index contributed by atoms with van der Waals surface area (Å²) in [7, 11) is 4.05. The van der Waals surface area contributed by atoms with Crippen LogP contribution in [0, 0.1) is 0 Å². The van der Waals surface area contributed by atoms with Crippen molar-refractivity contribution in [3.63, 3.8) is 0 Å². The summed E-state index contributed by atoms with van der Waals surface area (Å²) in [6.45, 7) is 0. The lowest BCUT2D eigenvalue weighted by Crippen LogP contribution is -2.19. The second kappa shape index (κ2) is 5.15. The number of nitrogens with zero attached hydrogens (tertiary/aromatic N) is 2. The highest BCUT2D eigenvalue weighted by molar-refractivity contribution is 7.19. The first-order valence-electron chi connectivity index (χ1n) is 6.40. The second-order valence-corrected chi connectivity index (χ2v) is 5.80. The Labute approximate surface area is 116 Å². The van der Waals surface area contributed by atoms with E-state index in [-0.39, 0.29) is 0 Å². The molecule has 1 unspecified atom stereocenters. The Morgan fingerprint density at radius 2 is 2.21 bits per heavy atom. The van der Waals surface area contributed by atoms with Crippen LogP contribution in [0.1, 0.15) is 16.7 Å². The average molecular weight is 271 g/mol. The molecule has 0 aliphatic carbocycles. The summed E-state index contributed by atoms with van der Waals surface area (Å²) in [5, 5.41) is 4.72. The van der Waals surface area contributed by atoms with E-state index in [1.165, 1.54) is 15.0 Å². The minimum atomic E-state index is 0.318. The van der Waals surface area contributed by atoms with Crippen LogP contribution in [0.25, 0.3) is 10.1 Å². The van der Waals surface area contributed by atoms with Gasteiger partial charge in [-0.05, 0) is 24.6 Å². The predicted octanol–water partition coefficient (Wildman–Crippen LogP) is 3.14. The largest absolute Gasteiger partial charge is 0.338 e. The number of hydrogen-bond acceptors (Lipinski definition) is 3. The molecule has 0 saturated heterocycles. The molecule has 0 aliphatic rings. The van der Waals surface area contributed by atoms with E-state index in [9.17, 15) is 0 Å². The van der Waals surface area contributed by atoms with Gasteiger partial charge in [-0.1, -0.05) is 18.2 Å². The predicted molar refractivity (Wildman–Crippen MR) is 80.5 cm³/mol. The molecule has 0 radical (unpaired) electrons. The summed E-state index contributed by atoms with van der Waals surface area (Å²) in [6, 6.07) is 11.1. The van der Waals surface area contributed by atoms with Crippen LogP contribution in [-0.4, -0.2) is 16.6 Å². The number of imidazole rings is 1. The number of likely N-dealkylation sites (N-methyl/N-ethyl adjacent to an activating group) is 1. The Balaban J connectivity index is 1.91. The van der Waals surface area contributed by atoms with Gasteiger partial charge in [-0.25, -0.2) is 4.98 Å². The molecule has 0 saturated carbocycles. The van der Waals surface area contributed by atoms with Crippen molar-refractivity contribution >= 4 is 21.4 Å². The molecular weight excluding hydrogens is 254 g/mol.